The monoisotopic (exact) mass is 358 g/mol. The number of esters is 1. The van der Waals surface area contributed by atoms with Gasteiger partial charge in [0.25, 0.3) is 0 Å². The van der Waals surface area contributed by atoms with Gasteiger partial charge < -0.3 is 14.9 Å². The van der Waals surface area contributed by atoms with Crippen LogP contribution in [0.15, 0.2) is 28.7 Å². The molecule has 0 aliphatic carbocycles. The van der Waals surface area contributed by atoms with E-state index in [-0.39, 0.29) is 19.4 Å². The van der Waals surface area contributed by atoms with Crippen LogP contribution in [0.4, 0.5) is 0 Å². The van der Waals surface area contributed by atoms with E-state index in [9.17, 15) is 19.8 Å². The summed E-state index contributed by atoms with van der Waals surface area (Å²) in [4.78, 5) is 24.3. The zero-order chi connectivity index (χ0) is 16.0. The van der Waals surface area contributed by atoms with Crippen LogP contribution < -0.4 is 0 Å². The van der Waals surface area contributed by atoms with Crippen molar-refractivity contribution in [3.63, 3.8) is 0 Å². The molecule has 2 unspecified atom stereocenters. The highest BCUT2D eigenvalue weighted by molar-refractivity contribution is 9.10. The number of benzene rings is 1. The van der Waals surface area contributed by atoms with E-state index in [0.717, 1.165) is 0 Å². The van der Waals surface area contributed by atoms with Crippen molar-refractivity contribution in [1.29, 1.82) is 0 Å². The van der Waals surface area contributed by atoms with E-state index in [4.69, 9.17) is 4.74 Å². The molecule has 1 rings (SSSR count). The molecular weight excluding hydrogens is 340 g/mol. The van der Waals surface area contributed by atoms with Crippen molar-refractivity contribution in [2.45, 2.75) is 38.2 Å². The molecule has 0 fully saturated rings. The molecule has 0 saturated carbocycles. The molecule has 0 aliphatic heterocycles. The summed E-state index contributed by atoms with van der Waals surface area (Å²) >= 11 is 3.29. The average molecular weight is 359 g/mol. The number of aliphatic hydroxyl groups excluding tert-OH is 1. The average Bonchev–Trinajstić information content (AvgIpc) is 2.41. The molecule has 0 spiro atoms. The summed E-state index contributed by atoms with van der Waals surface area (Å²) in [6.45, 7) is 3.27. The predicted octanol–water partition coefficient (Wildman–Crippen LogP) is 2.50. The van der Waals surface area contributed by atoms with Crippen LogP contribution >= 0.6 is 15.9 Å². The lowest BCUT2D eigenvalue weighted by atomic mass is 9.76. The third-order valence-electron chi connectivity index (χ3n) is 3.26. The molecule has 2 atom stereocenters. The Bertz CT molecular complexity index is 515. The van der Waals surface area contributed by atoms with Crippen molar-refractivity contribution in [3.8, 4) is 0 Å². The highest BCUT2D eigenvalue weighted by atomic mass is 79.9. The predicted molar refractivity (Wildman–Crippen MR) is 81.0 cm³/mol. The number of halogens is 1. The second-order valence-electron chi connectivity index (χ2n) is 4.80. The molecule has 0 amide bonds. The largest absolute Gasteiger partial charge is 0.480 e. The van der Waals surface area contributed by atoms with Gasteiger partial charge in [-0.3, -0.25) is 9.59 Å². The summed E-state index contributed by atoms with van der Waals surface area (Å²) in [6.07, 6.45) is -0.575. The minimum atomic E-state index is -1.83. The van der Waals surface area contributed by atoms with E-state index in [1.165, 1.54) is 0 Å². The molecule has 0 bridgehead atoms. The zero-order valence-corrected chi connectivity index (χ0v) is 13.6. The molecule has 21 heavy (non-hydrogen) atoms. The normalized spacial score (nSPS) is 15.0. The summed E-state index contributed by atoms with van der Waals surface area (Å²) in [7, 11) is 0. The van der Waals surface area contributed by atoms with E-state index in [0.29, 0.717) is 10.0 Å². The van der Waals surface area contributed by atoms with Crippen molar-refractivity contribution in [1.82, 2.24) is 0 Å². The Balaban J connectivity index is 3.40. The Hall–Kier alpha value is -1.40. The maximum absolute atomic E-state index is 12.4. The Morgan fingerprint density at radius 1 is 1.38 bits per heavy atom. The topological polar surface area (TPSA) is 83.8 Å². The molecule has 0 radical (unpaired) electrons. The van der Waals surface area contributed by atoms with Gasteiger partial charge in [-0.25, -0.2) is 0 Å². The van der Waals surface area contributed by atoms with Crippen molar-refractivity contribution in [2.75, 3.05) is 6.61 Å². The van der Waals surface area contributed by atoms with E-state index in [1.807, 2.05) is 0 Å². The third-order valence-corrected chi connectivity index (χ3v) is 3.95. The second kappa shape index (κ2) is 7.56. The number of carboxylic acids is 1. The molecule has 2 N–H and O–H groups in total. The number of carboxylic acid groups (broad SMARTS) is 1. The minimum absolute atomic E-state index is 0.0402. The number of hydrogen-bond acceptors (Lipinski definition) is 4. The van der Waals surface area contributed by atoms with Crippen LogP contribution in [0.2, 0.25) is 0 Å². The summed E-state index contributed by atoms with van der Waals surface area (Å²) in [5.41, 5.74) is -1.50. The van der Waals surface area contributed by atoms with Crippen LogP contribution in [0.25, 0.3) is 0 Å². The fraction of sp³-hybridized carbons (Fsp3) is 0.467. The molecular formula is C15H19BrO5. The molecule has 1 aromatic carbocycles. The molecule has 0 heterocycles. The Morgan fingerprint density at radius 2 is 2.00 bits per heavy atom. The lowest BCUT2D eigenvalue weighted by Crippen LogP contribution is -2.45. The number of rotatable bonds is 7. The van der Waals surface area contributed by atoms with Crippen LogP contribution in [0.5, 0.6) is 0 Å². The van der Waals surface area contributed by atoms with Crippen molar-refractivity contribution < 1.29 is 24.5 Å². The molecule has 0 aromatic heterocycles. The van der Waals surface area contributed by atoms with Crippen molar-refractivity contribution in [2.24, 2.45) is 0 Å². The summed E-state index contributed by atoms with van der Waals surface area (Å²) < 4.78 is 5.51. The van der Waals surface area contributed by atoms with Gasteiger partial charge in [0.15, 0.2) is 5.41 Å². The number of ether oxygens (including phenoxy) is 1. The summed E-state index contributed by atoms with van der Waals surface area (Å²) in [5.74, 6) is -2.10. The first-order valence-electron chi connectivity index (χ1n) is 6.70. The fourth-order valence-electron chi connectivity index (χ4n) is 2.14. The summed E-state index contributed by atoms with van der Waals surface area (Å²) in [5, 5.41) is 19.2. The standard InChI is InChI=1S/C15H19BrO5/c1-3-21-14(20)15(13(18)19,9-8-10(2)17)11-6-4-5-7-12(11)16/h4-7,10,17H,3,8-9H2,1-2H3,(H,18,19). The van der Waals surface area contributed by atoms with Crippen LogP contribution in [-0.4, -0.2) is 34.9 Å². The smallest absolute Gasteiger partial charge is 0.328 e. The number of hydrogen-bond donors (Lipinski definition) is 2. The second-order valence-corrected chi connectivity index (χ2v) is 5.65. The molecule has 116 valence electrons. The van der Waals surface area contributed by atoms with Crippen LogP contribution in [0, 0.1) is 0 Å². The van der Waals surface area contributed by atoms with Gasteiger partial charge in [-0.05, 0) is 38.3 Å². The van der Waals surface area contributed by atoms with Crippen LogP contribution in [-0.2, 0) is 19.7 Å². The maximum atomic E-state index is 12.4. The van der Waals surface area contributed by atoms with Gasteiger partial charge in [0.1, 0.15) is 0 Å². The van der Waals surface area contributed by atoms with E-state index >= 15 is 0 Å². The zero-order valence-electron chi connectivity index (χ0n) is 12.0. The van der Waals surface area contributed by atoms with Gasteiger partial charge in [0.05, 0.1) is 12.7 Å². The number of carbonyl (C=O) groups is 2. The third kappa shape index (κ3) is 3.83. The Labute approximate surface area is 132 Å². The molecule has 0 aliphatic rings. The van der Waals surface area contributed by atoms with Crippen molar-refractivity contribution in [3.05, 3.63) is 34.3 Å². The first-order chi connectivity index (χ1) is 9.86. The van der Waals surface area contributed by atoms with Gasteiger partial charge in [-0.15, -0.1) is 0 Å². The van der Waals surface area contributed by atoms with Crippen molar-refractivity contribution >= 4 is 27.9 Å². The molecule has 5 nitrogen and oxygen atoms in total. The lowest BCUT2D eigenvalue weighted by molar-refractivity contribution is -0.162. The van der Waals surface area contributed by atoms with Gasteiger partial charge in [-0.2, -0.15) is 0 Å². The van der Waals surface area contributed by atoms with Gasteiger partial charge in [0, 0.05) is 4.47 Å². The van der Waals surface area contributed by atoms with Gasteiger partial charge in [-0.1, -0.05) is 34.1 Å². The number of carbonyl (C=O) groups excluding carboxylic acids is 1. The Kier molecular flexibility index (Phi) is 6.36. The minimum Gasteiger partial charge on any atom is -0.480 e. The quantitative estimate of drug-likeness (QED) is 0.577. The van der Waals surface area contributed by atoms with Crippen LogP contribution in [0.3, 0.4) is 0 Å². The molecule has 6 heteroatoms. The molecule has 1 aromatic rings. The SMILES string of the molecule is CCOC(=O)C(CCC(C)O)(C(=O)O)c1ccccc1Br. The first kappa shape index (κ1) is 17.7. The van der Waals surface area contributed by atoms with Gasteiger partial charge >= 0.3 is 11.9 Å². The number of aliphatic carboxylic acids is 1. The number of aliphatic hydroxyl groups is 1. The van der Waals surface area contributed by atoms with Gasteiger partial charge in [0.2, 0.25) is 0 Å². The lowest BCUT2D eigenvalue weighted by Gasteiger charge is -2.29. The van der Waals surface area contributed by atoms with E-state index in [2.05, 4.69) is 15.9 Å². The van der Waals surface area contributed by atoms with E-state index in [1.54, 1.807) is 38.1 Å². The highest BCUT2D eigenvalue weighted by Crippen LogP contribution is 2.36. The highest BCUT2D eigenvalue weighted by Gasteiger charge is 2.50. The molecule has 0 saturated heterocycles. The fourth-order valence-corrected chi connectivity index (χ4v) is 2.77. The van der Waals surface area contributed by atoms with Crippen LogP contribution in [0.1, 0.15) is 32.3 Å². The maximum Gasteiger partial charge on any atom is 0.328 e. The Morgan fingerprint density at radius 3 is 2.48 bits per heavy atom. The van der Waals surface area contributed by atoms with E-state index < -0.39 is 23.5 Å². The first-order valence-corrected chi connectivity index (χ1v) is 7.49. The summed E-state index contributed by atoms with van der Waals surface area (Å²) in [6, 6.07) is 6.66.